The molecule has 2 aromatic rings. The van der Waals surface area contributed by atoms with Gasteiger partial charge in [0.25, 0.3) is 0 Å². The predicted octanol–water partition coefficient (Wildman–Crippen LogP) is 3.03. The number of hydrogen-bond donors (Lipinski definition) is 3. The molecule has 3 rings (SSSR count). The smallest absolute Gasteiger partial charge is 0.313 e. The lowest BCUT2D eigenvalue weighted by atomic mass is 9.86. The summed E-state index contributed by atoms with van der Waals surface area (Å²) in [6.45, 7) is 5.06. The fourth-order valence-corrected chi connectivity index (χ4v) is 3.95. The Hall–Kier alpha value is -3.07. The van der Waals surface area contributed by atoms with Gasteiger partial charge in [0.15, 0.2) is 0 Å². The molecule has 0 bridgehead atoms. The molecule has 172 valence electrons. The van der Waals surface area contributed by atoms with Crippen molar-refractivity contribution in [3.05, 3.63) is 42.0 Å². The van der Waals surface area contributed by atoms with Gasteiger partial charge in [0, 0.05) is 42.2 Å². The van der Waals surface area contributed by atoms with Crippen molar-refractivity contribution in [2.24, 2.45) is 11.7 Å². The highest BCUT2D eigenvalue weighted by Crippen LogP contribution is 2.29. The molecular formula is C23H30FN5O3. The van der Waals surface area contributed by atoms with Crippen LogP contribution in [0.3, 0.4) is 0 Å². The van der Waals surface area contributed by atoms with E-state index in [1.807, 2.05) is 13.8 Å². The van der Waals surface area contributed by atoms with Crippen LogP contribution in [0.4, 0.5) is 10.3 Å². The minimum absolute atomic E-state index is 0.220. The highest BCUT2D eigenvalue weighted by atomic mass is 19.1. The van der Waals surface area contributed by atoms with Gasteiger partial charge in [-0.05, 0) is 39.0 Å². The van der Waals surface area contributed by atoms with Crippen molar-refractivity contribution in [2.45, 2.75) is 51.7 Å². The average molecular weight is 444 g/mol. The third kappa shape index (κ3) is 6.46. The molecule has 0 atom stereocenters. The zero-order valence-corrected chi connectivity index (χ0v) is 18.5. The van der Waals surface area contributed by atoms with Crippen LogP contribution in [0.1, 0.15) is 45.1 Å². The first-order valence-electron chi connectivity index (χ1n) is 10.7. The molecule has 1 aromatic heterocycles. The second-order valence-corrected chi connectivity index (χ2v) is 8.86. The number of benzene rings is 1. The Morgan fingerprint density at radius 3 is 2.56 bits per heavy atom. The third-order valence-electron chi connectivity index (χ3n) is 5.44. The maximum Gasteiger partial charge on any atom is 0.313 e. The van der Waals surface area contributed by atoms with Gasteiger partial charge in [-0.1, -0.05) is 18.2 Å². The average Bonchev–Trinajstić information content (AvgIpc) is 2.72. The lowest BCUT2D eigenvalue weighted by Crippen LogP contribution is -2.37. The number of carbonyl (C=O) groups is 1. The zero-order valence-electron chi connectivity index (χ0n) is 18.5. The largest absolute Gasteiger partial charge is 0.460 e. The predicted molar refractivity (Wildman–Crippen MR) is 120 cm³/mol. The number of anilines is 1. The van der Waals surface area contributed by atoms with Gasteiger partial charge in [-0.15, -0.1) is 0 Å². The fraction of sp³-hybridized carbons (Fsp3) is 0.478. The van der Waals surface area contributed by atoms with Crippen molar-refractivity contribution in [2.75, 3.05) is 18.0 Å². The lowest BCUT2D eigenvalue weighted by molar-refractivity contribution is -0.143. The number of aliphatic hydroxyl groups is 1. The van der Waals surface area contributed by atoms with Crippen molar-refractivity contribution in [1.82, 2.24) is 9.97 Å². The van der Waals surface area contributed by atoms with E-state index in [-0.39, 0.29) is 24.4 Å². The molecule has 32 heavy (non-hydrogen) atoms. The van der Waals surface area contributed by atoms with Crippen LogP contribution in [0.15, 0.2) is 30.6 Å². The van der Waals surface area contributed by atoms with E-state index < -0.39 is 17.4 Å². The zero-order chi connectivity index (χ0) is 23.3. The Labute approximate surface area is 187 Å². The number of ether oxygens (including phenoxy) is 1. The van der Waals surface area contributed by atoms with E-state index in [2.05, 4.69) is 14.9 Å². The van der Waals surface area contributed by atoms with Gasteiger partial charge in [-0.25, -0.2) is 14.4 Å². The van der Waals surface area contributed by atoms with Crippen LogP contribution in [0.2, 0.25) is 0 Å². The number of piperidine rings is 1. The minimum atomic E-state index is -0.679. The lowest BCUT2D eigenvalue weighted by Gasteiger charge is -2.34. The van der Waals surface area contributed by atoms with Crippen LogP contribution < -0.4 is 10.6 Å². The first kappa shape index (κ1) is 23.6. The van der Waals surface area contributed by atoms with Crippen molar-refractivity contribution in [3.63, 3.8) is 0 Å². The van der Waals surface area contributed by atoms with Crippen molar-refractivity contribution >= 4 is 17.8 Å². The molecule has 1 aliphatic rings. The number of nitrogens with one attached hydrogen (secondary N) is 1. The Kier molecular flexibility index (Phi) is 7.40. The molecule has 8 nitrogen and oxygen atoms in total. The molecule has 0 spiro atoms. The van der Waals surface area contributed by atoms with Gasteiger partial charge in [-0.2, -0.15) is 0 Å². The molecular weight excluding hydrogens is 413 g/mol. The highest BCUT2D eigenvalue weighted by Gasteiger charge is 2.26. The van der Waals surface area contributed by atoms with Crippen LogP contribution >= 0.6 is 0 Å². The van der Waals surface area contributed by atoms with Gasteiger partial charge >= 0.3 is 5.97 Å². The number of halogens is 1. The topological polar surface area (TPSA) is 125 Å². The summed E-state index contributed by atoms with van der Waals surface area (Å²) in [5, 5.41) is 17.1. The molecule has 4 N–H and O–H groups in total. The standard InChI is InChI=1S/C23H30FN5O3/c1-23(2,31)11-15-6-8-29(9-7-15)22-27-12-17(13-28-22)18-5-3-4-16(21(18)24)14-32-20(30)10-19(25)26/h3-5,12-13,15,31H,6-11,14H2,1-2H3,(H3,25,26). The van der Waals surface area contributed by atoms with E-state index in [0.29, 0.717) is 23.0 Å². The molecule has 1 aromatic carbocycles. The molecule has 9 heteroatoms. The van der Waals surface area contributed by atoms with E-state index >= 15 is 0 Å². The van der Waals surface area contributed by atoms with E-state index in [4.69, 9.17) is 15.9 Å². The van der Waals surface area contributed by atoms with Crippen LogP contribution in [-0.2, 0) is 16.1 Å². The quantitative estimate of drug-likeness (QED) is 0.325. The molecule has 0 aliphatic carbocycles. The third-order valence-corrected chi connectivity index (χ3v) is 5.44. The van der Waals surface area contributed by atoms with Crippen LogP contribution in [0, 0.1) is 17.1 Å². The first-order chi connectivity index (χ1) is 15.1. The van der Waals surface area contributed by atoms with Gasteiger partial charge < -0.3 is 20.5 Å². The molecule has 1 fully saturated rings. The molecule has 2 heterocycles. The first-order valence-corrected chi connectivity index (χ1v) is 10.7. The maximum atomic E-state index is 15.0. The van der Waals surface area contributed by atoms with E-state index in [1.54, 1.807) is 24.5 Å². The van der Waals surface area contributed by atoms with E-state index in [1.165, 1.54) is 6.07 Å². The molecule has 1 saturated heterocycles. The number of aromatic nitrogens is 2. The van der Waals surface area contributed by atoms with Gasteiger partial charge in [0.05, 0.1) is 5.60 Å². The minimum Gasteiger partial charge on any atom is -0.460 e. The molecule has 0 radical (unpaired) electrons. The number of amidine groups is 1. The number of nitrogens with two attached hydrogens (primary N) is 1. The number of rotatable bonds is 8. The highest BCUT2D eigenvalue weighted by molar-refractivity contribution is 5.94. The van der Waals surface area contributed by atoms with Crippen LogP contribution in [-0.4, -0.2) is 45.6 Å². The Bertz CT molecular complexity index is 951. The monoisotopic (exact) mass is 443 g/mol. The number of hydrogen-bond acceptors (Lipinski definition) is 7. The van der Waals surface area contributed by atoms with Gasteiger partial charge in [0.2, 0.25) is 5.95 Å². The van der Waals surface area contributed by atoms with Crippen molar-refractivity contribution in [3.8, 4) is 11.1 Å². The fourth-order valence-electron chi connectivity index (χ4n) is 3.95. The van der Waals surface area contributed by atoms with Gasteiger partial charge in [0.1, 0.15) is 24.7 Å². The van der Waals surface area contributed by atoms with E-state index in [9.17, 15) is 14.3 Å². The van der Waals surface area contributed by atoms with Gasteiger partial charge in [-0.3, -0.25) is 10.2 Å². The molecule has 0 saturated carbocycles. The number of esters is 1. The Morgan fingerprint density at radius 1 is 1.31 bits per heavy atom. The summed E-state index contributed by atoms with van der Waals surface area (Å²) in [5.41, 5.74) is 5.58. The molecule has 0 amide bonds. The van der Waals surface area contributed by atoms with Crippen LogP contribution in [0.5, 0.6) is 0 Å². The van der Waals surface area contributed by atoms with Crippen molar-refractivity contribution in [1.29, 1.82) is 5.41 Å². The summed E-state index contributed by atoms with van der Waals surface area (Å²) in [6.07, 6.45) is 5.57. The maximum absolute atomic E-state index is 15.0. The summed E-state index contributed by atoms with van der Waals surface area (Å²) < 4.78 is 20.0. The summed E-state index contributed by atoms with van der Waals surface area (Å²) >= 11 is 0. The van der Waals surface area contributed by atoms with Crippen LogP contribution in [0.25, 0.3) is 11.1 Å². The second kappa shape index (κ2) is 10.0. The Balaban J connectivity index is 1.64. The number of carbonyl (C=O) groups excluding carboxylic acids is 1. The Morgan fingerprint density at radius 2 is 1.97 bits per heavy atom. The molecule has 1 aliphatic heterocycles. The number of nitrogens with zero attached hydrogens (tertiary/aromatic N) is 3. The van der Waals surface area contributed by atoms with Crippen molar-refractivity contribution < 1.29 is 19.0 Å². The summed E-state index contributed by atoms with van der Waals surface area (Å²) in [7, 11) is 0. The summed E-state index contributed by atoms with van der Waals surface area (Å²) in [6, 6.07) is 4.83. The summed E-state index contributed by atoms with van der Waals surface area (Å²) in [4.78, 5) is 22.5. The molecule has 0 unspecified atom stereocenters. The van der Waals surface area contributed by atoms with E-state index in [0.717, 1.165) is 32.4 Å². The normalized spacial score (nSPS) is 14.9. The summed E-state index contributed by atoms with van der Waals surface area (Å²) in [5.74, 6) is -0.409. The SMILES string of the molecule is CC(C)(O)CC1CCN(c2ncc(-c3cccc(COC(=O)CC(=N)N)c3F)cn2)CC1. The second-order valence-electron chi connectivity index (χ2n) is 8.86.